The van der Waals surface area contributed by atoms with Crippen molar-refractivity contribution in [2.24, 2.45) is 5.41 Å². The lowest BCUT2D eigenvalue weighted by atomic mass is 9.77. The second-order valence-corrected chi connectivity index (χ2v) is 6.27. The summed E-state index contributed by atoms with van der Waals surface area (Å²) in [5, 5.41) is 15.9. The molecule has 1 saturated heterocycles. The van der Waals surface area contributed by atoms with Crippen molar-refractivity contribution in [1.29, 1.82) is 0 Å². The maximum atomic E-state index is 12.2. The Labute approximate surface area is 120 Å². The summed E-state index contributed by atoms with van der Waals surface area (Å²) >= 11 is 0. The molecule has 3 N–H and O–H groups in total. The largest absolute Gasteiger partial charge is 0.481 e. The maximum absolute atomic E-state index is 12.2. The van der Waals surface area contributed by atoms with E-state index in [0.29, 0.717) is 12.8 Å². The van der Waals surface area contributed by atoms with Crippen molar-refractivity contribution in [3.05, 3.63) is 0 Å². The Morgan fingerprint density at radius 2 is 1.70 bits per heavy atom. The molecule has 1 saturated carbocycles. The number of aliphatic carboxylic acids is 1. The van der Waals surface area contributed by atoms with Crippen LogP contribution in [0.1, 0.15) is 57.8 Å². The Bertz CT molecular complexity index is 343. The second kappa shape index (κ2) is 7.07. The number of hydrogen-bond acceptors (Lipinski definition) is 3. The van der Waals surface area contributed by atoms with E-state index in [9.17, 15) is 14.7 Å². The second-order valence-electron chi connectivity index (χ2n) is 6.27. The number of amides is 1. The SMILES string of the molecule is O=C(CC1(C(=O)O)CCCCCC1)NC1CCNCC1. The van der Waals surface area contributed by atoms with Gasteiger partial charge in [-0.25, -0.2) is 0 Å². The van der Waals surface area contributed by atoms with Crippen molar-refractivity contribution in [3.8, 4) is 0 Å². The van der Waals surface area contributed by atoms with Crippen molar-refractivity contribution >= 4 is 11.9 Å². The number of carboxylic acid groups (broad SMARTS) is 1. The number of carbonyl (C=O) groups excluding carboxylic acids is 1. The van der Waals surface area contributed by atoms with Gasteiger partial charge in [-0.2, -0.15) is 0 Å². The average Bonchev–Trinajstić information content (AvgIpc) is 2.66. The van der Waals surface area contributed by atoms with Gasteiger partial charge in [0.1, 0.15) is 0 Å². The minimum Gasteiger partial charge on any atom is -0.481 e. The quantitative estimate of drug-likeness (QED) is 0.685. The topological polar surface area (TPSA) is 78.4 Å². The lowest BCUT2D eigenvalue weighted by Crippen LogP contribution is -2.45. The van der Waals surface area contributed by atoms with Gasteiger partial charge in [-0.15, -0.1) is 0 Å². The number of nitrogens with one attached hydrogen (secondary N) is 2. The molecule has 0 aromatic carbocycles. The average molecular weight is 282 g/mol. The molecule has 0 aromatic rings. The molecule has 0 aromatic heterocycles. The van der Waals surface area contributed by atoms with Crippen molar-refractivity contribution in [3.63, 3.8) is 0 Å². The fourth-order valence-corrected chi connectivity index (χ4v) is 3.42. The summed E-state index contributed by atoms with van der Waals surface area (Å²) in [7, 11) is 0. The van der Waals surface area contributed by atoms with Gasteiger partial charge in [-0.1, -0.05) is 25.7 Å². The van der Waals surface area contributed by atoms with Gasteiger partial charge in [0.05, 0.1) is 5.41 Å². The first-order valence-corrected chi connectivity index (χ1v) is 7.86. The highest BCUT2D eigenvalue weighted by Crippen LogP contribution is 2.38. The molecular weight excluding hydrogens is 256 g/mol. The molecule has 2 aliphatic rings. The van der Waals surface area contributed by atoms with Gasteiger partial charge < -0.3 is 15.7 Å². The zero-order valence-electron chi connectivity index (χ0n) is 12.1. The Balaban J connectivity index is 1.92. The van der Waals surface area contributed by atoms with Crippen LogP contribution in [-0.2, 0) is 9.59 Å². The van der Waals surface area contributed by atoms with Crippen molar-refractivity contribution in [2.45, 2.75) is 63.8 Å². The summed E-state index contributed by atoms with van der Waals surface area (Å²) in [5.41, 5.74) is -0.826. The molecule has 2 fully saturated rings. The van der Waals surface area contributed by atoms with Crippen LogP contribution in [0.5, 0.6) is 0 Å². The summed E-state index contributed by atoms with van der Waals surface area (Å²) in [6.07, 6.45) is 7.32. The molecule has 0 spiro atoms. The van der Waals surface area contributed by atoms with Gasteiger partial charge in [0.25, 0.3) is 0 Å². The van der Waals surface area contributed by atoms with Crippen LogP contribution in [0.4, 0.5) is 0 Å². The van der Waals surface area contributed by atoms with Gasteiger partial charge in [0, 0.05) is 12.5 Å². The first kappa shape index (κ1) is 15.3. The molecule has 0 atom stereocenters. The van der Waals surface area contributed by atoms with Gasteiger partial charge >= 0.3 is 5.97 Å². The Hall–Kier alpha value is -1.10. The van der Waals surface area contributed by atoms with E-state index in [1.807, 2.05) is 0 Å². The zero-order valence-corrected chi connectivity index (χ0v) is 12.1. The van der Waals surface area contributed by atoms with Crippen LogP contribution >= 0.6 is 0 Å². The highest BCUT2D eigenvalue weighted by atomic mass is 16.4. The van der Waals surface area contributed by atoms with E-state index in [1.165, 1.54) is 0 Å². The van der Waals surface area contributed by atoms with Crippen molar-refractivity contribution in [2.75, 3.05) is 13.1 Å². The van der Waals surface area contributed by atoms with E-state index in [-0.39, 0.29) is 18.4 Å². The first-order valence-electron chi connectivity index (χ1n) is 7.86. The smallest absolute Gasteiger partial charge is 0.310 e. The number of carbonyl (C=O) groups is 2. The zero-order chi connectivity index (χ0) is 14.4. The predicted molar refractivity (Wildman–Crippen MR) is 76.4 cm³/mol. The molecule has 1 amide bonds. The van der Waals surface area contributed by atoms with Crippen LogP contribution in [0.3, 0.4) is 0 Å². The van der Waals surface area contributed by atoms with Crippen molar-refractivity contribution in [1.82, 2.24) is 10.6 Å². The molecule has 0 bridgehead atoms. The van der Waals surface area contributed by atoms with Crippen LogP contribution in [0.15, 0.2) is 0 Å². The molecule has 1 aliphatic carbocycles. The van der Waals surface area contributed by atoms with Gasteiger partial charge in [-0.05, 0) is 38.8 Å². The molecule has 5 heteroatoms. The standard InChI is InChI=1S/C15H26N2O3/c18-13(17-12-5-9-16-10-6-12)11-15(14(19)20)7-3-1-2-4-8-15/h12,16H,1-11H2,(H,17,18)(H,19,20). The third-order valence-electron chi connectivity index (χ3n) is 4.72. The fraction of sp³-hybridized carbons (Fsp3) is 0.867. The third kappa shape index (κ3) is 3.95. The molecule has 20 heavy (non-hydrogen) atoms. The summed E-state index contributed by atoms with van der Waals surface area (Å²) in [4.78, 5) is 23.9. The Kier molecular flexibility index (Phi) is 5.40. The summed E-state index contributed by atoms with van der Waals surface area (Å²) < 4.78 is 0. The summed E-state index contributed by atoms with van der Waals surface area (Å²) in [6.45, 7) is 1.85. The van der Waals surface area contributed by atoms with Gasteiger partial charge in [0.15, 0.2) is 0 Å². The molecule has 0 unspecified atom stereocenters. The van der Waals surface area contributed by atoms with Crippen LogP contribution in [-0.4, -0.2) is 36.1 Å². The minimum atomic E-state index is -0.826. The normalized spacial score (nSPS) is 23.8. The van der Waals surface area contributed by atoms with Crippen LogP contribution < -0.4 is 10.6 Å². The molecule has 1 aliphatic heterocycles. The van der Waals surface area contributed by atoms with E-state index in [2.05, 4.69) is 10.6 Å². The number of hydrogen-bond donors (Lipinski definition) is 3. The molecule has 0 radical (unpaired) electrons. The molecule has 2 rings (SSSR count). The first-order chi connectivity index (χ1) is 9.62. The highest BCUT2D eigenvalue weighted by molar-refractivity contribution is 5.85. The summed E-state index contributed by atoms with van der Waals surface area (Å²) in [5.74, 6) is -0.874. The Morgan fingerprint density at radius 1 is 1.10 bits per heavy atom. The van der Waals surface area contributed by atoms with Gasteiger partial charge in [-0.3, -0.25) is 9.59 Å². The van der Waals surface area contributed by atoms with E-state index >= 15 is 0 Å². The Morgan fingerprint density at radius 3 is 2.25 bits per heavy atom. The lowest BCUT2D eigenvalue weighted by molar-refractivity contribution is -0.153. The number of carboxylic acids is 1. The van der Waals surface area contributed by atoms with Crippen molar-refractivity contribution < 1.29 is 14.7 Å². The molecule has 5 nitrogen and oxygen atoms in total. The molecule has 1 heterocycles. The third-order valence-corrected chi connectivity index (χ3v) is 4.72. The predicted octanol–water partition coefficient (Wildman–Crippen LogP) is 1.67. The fourth-order valence-electron chi connectivity index (χ4n) is 3.42. The molecule has 114 valence electrons. The van der Waals surface area contributed by atoms with E-state index in [0.717, 1.165) is 51.6 Å². The molecular formula is C15H26N2O3. The van der Waals surface area contributed by atoms with Gasteiger partial charge in [0.2, 0.25) is 5.91 Å². The van der Waals surface area contributed by atoms with E-state index in [4.69, 9.17) is 0 Å². The van der Waals surface area contributed by atoms with Crippen LogP contribution in [0.25, 0.3) is 0 Å². The maximum Gasteiger partial charge on any atom is 0.310 e. The number of rotatable bonds is 4. The summed E-state index contributed by atoms with van der Waals surface area (Å²) in [6, 6.07) is 0.209. The highest BCUT2D eigenvalue weighted by Gasteiger charge is 2.40. The lowest BCUT2D eigenvalue weighted by Gasteiger charge is -2.29. The minimum absolute atomic E-state index is 0.0822. The van der Waals surface area contributed by atoms with Crippen LogP contribution in [0, 0.1) is 5.41 Å². The van der Waals surface area contributed by atoms with E-state index < -0.39 is 11.4 Å². The monoisotopic (exact) mass is 282 g/mol. The van der Waals surface area contributed by atoms with E-state index in [1.54, 1.807) is 0 Å². The van der Waals surface area contributed by atoms with Crippen LogP contribution in [0.2, 0.25) is 0 Å². The number of piperidine rings is 1.